The number of guanidine groups is 1. The number of carbonyl (C=O) groups is 1. The Morgan fingerprint density at radius 3 is 2.84 bits per heavy atom. The van der Waals surface area contributed by atoms with Crippen LogP contribution >= 0.6 is 0 Å². The molecule has 1 atom stereocenters. The van der Waals surface area contributed by atoms with Crippen LogP contribution in [0.2, 0.25) is 0 Å². The van der Waals surface area contributed by atoms with Crippen LogP contribution in [-0.4, -0.2) is 91.8 Å². The van der Waals surface area contributed by atoms with Crippen LogP contribution in [0.15, 0.2) is 29.4 Å². The minimum atomic E-state index is 0.0158. The van der Waals surface area contributed by atoms with Crippen LogP contribution in [0.25, 0.3) is 0 Å². The predicted octanol–water partition coefficient (Wildman–Crippen LogP) is 2.10. The van der Waals surface area contributed by atoms with Crippen molar-refractivity contribution in [1.82, 2.24) is 20.1 Å². The predicted molar refractivity (Wildman–Crippen MR) is 126 cm³/mol. The number of piperidine rings is 1. The molecule has 8 nitrogen and oxygen atoms in total. The summed E-state index contributed by atoms with van der Waals surface area (Å²) in [5, 5.41) is 3.34. The molecular weight excluding hydrogens is 406 g/mol. The molecule has 0 bridgehead atoms. The number of likely N-dealkylation sites (tertiary alicyclic amines) is 1. The zero-order valence-electron chi connectivity index (χ0n) is 19.7. The number of likely N-dealkylation sites (N-methyl/N-ethyl adjacent to an activating group) is 1. The first-order valence-corrected chi connectivity index (χ1v) is 12.1. The fourth-order valence-electron chi connectivity index (χ4n) is 4.06. The minimum Gasteiger partial charge on any atom is -0.376 e. The Kier molecular flexibility index (Phi) is 10.2. The zero-order chi connectivity index (χ0) is 22.6. The number of hydrogen-bond donors (Lipinski definition) is 1. The van der Waals surface area contributed by atoms with Crippen LogP contribution in [-0.2, 0) is 20.7 Å². The van der Waals surface area contributed by atoms with Crippen molar-refractivity contribution in [1.29, 1.82) is 0 Å². The molecule has 0 aliphatic carbocycles. The number of aliphatic imine (C=N–C) groups is 1. The highest BCUT2D eigenvalue weighted by atomic mass is 16.5. The van der Waals surface area contributed by atoms with Gasteiger partial charge in [0, 0.05) is 58.1 Å². The van der Waals surface area contributed by atoms with Crippen LogP contribution in [0.1, 0.15) is 44.7 Å². The molecule has 0 radical (unpaired) electrons. The van der Waals surface area contributed by atoms with E-state index in [9.17, 15) is 4.79 Å². The van der Waals surface area contributed by atoms with Crippen LogP contribution in [0.3, 0.4) is 0 Å². The van der Waals surface area contributed by atoms with Gasteiger partial charge < -0.3 is 24.6 Å². The van der Waals surface area contributed by atoms with Gasteiger partial charge in [0.2, 0.25) is 5.91 Å². The Bertz CT molecular complexity index is 701. The molecular formula is C24H39N5O3. The van der Waals surface area contributed by atoms with E-state index in [4.69, 9.17) is 9.47 Å². The normalized spacial score (nSPS) is 20.2. The fourth-order valence-corrected chi connectivity index (χ4v) is 4.06. The van der Waals surface area contributed by atoms with Crippen molar-refractivity contribution in [3.63, 3.8) is 0 Å². The second-order valence-electron chi connectivity index (χ2n) is 8.56. The molecule has 1 N–H and O–H groups in total. The van der Waals surface area contributed by atoms with E-state index in [1.165, 1.54) is 12.8 Å². The van der Waals surface area contributed by atoms with E-state index in [0.717, 1.165) is 63.6 Å². The summed E-state index contributed by atoms with van der Waals surface area (Å²) in [6.07, 6.45) is 8.52. The van der Waals surface area contributed by atoms with Crippen LogP contribution < -0.4 is 5.32 Å². The molecule has 2 aliphatic heterocycles. The highest BCUT2D eigenvalue weighted by Gasteiger charge is 2.24. The van der Waals surface area contributed by atoms with E-state index in [1.54, 1.807) is 11.1 Å². The van der Waals surface area contributed by atoms with Gasteiger partial charge in [0.1, 0.15) is 6.54 Å². The van der Waals surface area contributed by atoms with Gasteiger partial charge in [-0.3, -0.25) is 9.78 Å². The third-order valence-electron chi connectivity index (χ3n) is 6.09. The number of nitrogens with zero attached hydrogens (tertiary/aromatic N) is 4. The average Bonchev–Trinajstić information content (AvgIpc) is 2.85. The lowest BCUT2D eigenvalue weighted by atomic mass is 10.1. The summed E-state index contributed by atoms with van der Waals surface area (Å²) >= 11 is 0. The molecule has 178 valence electrons. The van der Waals surface area contributed by atoms with Crippen LogP contribution in [0.5, 0.6) is 0 Å². The molecule has 2 fully saturated rings. The lowest BCUT2D eigenvalue weighted by molar-refractivity contribution is -0.128. The van der Waals surface area contributed by atoms with Crippen molar-refractivity contribution in [2.24, 2.45) is 4.99 Å². The zero-order valence-corrected chi connectivity index (χ0v) is 19.7. The van der Waals surface area contributed by atoms with E-state index < -0.39 is 0 Å². The number of aromatic nitrogens is 1. The first-order valence-electron chi connectivity index (χ1n) is 12.1. The van der Waals surface area contributed by atoms with Gasteiger partial charge in [-0.1, -0.05) is 6.07 Å². The van der Waals surface area contributed by atoms with Gasteiger partial charge in [0.15, 0.2) is 5.96 Å². The van der Waals surface area contributed by atoms with E-state index in [2.05, 4.69) is 27.1 Å². The molecule has 0 saturated carbocycles. The van der Waals surface area contributed by atoms with Crippen molar-refractivity contribution in [3.8, 4) is 0 Å². The molecule has 1 aromatic heterocycles. The summed E-state index contributed by atoms with van der Waals surface area (Å²) < 4.78 is 11.9. The highest BCUT2D eigenvalue weighted by Crippen LogP contribution is 2.18. The molecule has 32 heavy (non-hydrogen) atoms. The molecule has 2 saturated heterocycles. The number of amides is 1. The summed E-state index contributed by atoms with van der Waals surface area (Å²) in [7, 11) is 1.83. The highest BCUT2D eigenvalue weighted by molar-refractivity contribution is 5.85. The number of rotatable bonds is 9. The lowest BCUT2D eigenvalue weighted by Gasteiger charge is -2.35. The van der Waals surface area contributed by atoms with Crippen molar-refractivity contribution in [2.75, 3.05) is 53.0 Å². The number of pyridine rings is 1. The van der Waals surface area contributed by atoms with Gasteiger partial charge in [-0.05, 0) is 51.2 Å². The molecule has 3 heterocycles. The molecule has 3 rings (SSSR count). The Morgan fingerprint density at radius 2 is 2.16 bits per heavy atom. The number of ether oxygens (including phenoxy) is 2. The maximum Gasteiger partial charge on any atom is 0.244 e. The van der Waals surface area contributed by atoms with Crippen LogP contribution in [0.4, 0.5) is 0 Å². The quantitative estimate of drug-likeness (QED) is 0.463. The van der Waals surface area contributed by atoms with Crippen molar-refractivity contribution in [2.45, 2.75) is 57.7 Å². The molecule has 0 spiro atoms. The fraction of sp³-hybridized carbons (Fsp3) is 0.708. The third-order valence-corrected chi connectivity index (χ3v) is 6.09. The number of carbonyl (C=O) groups excluding carboxylic acids is 1. The maximum atomic E-state index is 12.6. The second kappa shape index (κ2) is 13.4. The third kappa shape index (κ3) is 8.06. The second-order valence-corrected chi connectivity index (χ2v) is 8.56. The van der Waals surface area contributed by atoms with E-state index >= 15 is 0 Å². The standard InChI is InChI=1S/C24H39N5O3/c1-3-25-24(27-18-23(30)28(2)14-10-20-8-4-6-13-26-20)29-15-11-21(12-16-29)32-19-22-9-5-7-17-31-22/h4,6,8,13,21-22H,3,5,7,9-12,14-19H2,1-2H3,(H,25,27). The topological polar surface area (TPSA) is 79.3 Å². The van der Waals surface area contributed by atoms with E-state index in [-0.39, 0.29) is 24.7 Å². The summed E-state index contributed by atoms with van der Waals surface area (Å²) in [6.45, 7) is 6.95. The van der Waals surface area contributed by atoms with Gasteiger partial charge >= 0.3 is 0 Å². The first-order chi connectivity index (χ1) is 15.7. The summed E-state index contributed by atoms with van der Waals surface area (Å²) in [5.41, 5.74) is 0.990. The SMILES string of the molecule is CCNC(=NCC(=O)N(C)CCc1ccccn1)N1CCC(OCC2CCCCO2)CC1. The number of hydrogen-bond acceptors (Lipinski definition) is 5. The van der Waals surface area contributed by atoms with E-state index in [1.807, 2.05) is 25.2 Å². The summed E-state index contributed by atoms with van der Waals surface area (Å²) in [6, 6.07) is 5.85. The number of nitrogens with one attached hydrogen (secondary N) is 1. The first kappa shape index (κ1) is 24.5. The van der Waals surface area contributed by atoms with Gasteiger partial charge in [-0.25, -0.2) is 4.99 Å². The average molecular weight is 446 g/mol. The molecule has 1 aromatic rings. The van der Waals surface area contributed by atoms with Crippen molar-refractivity contribution in [3.05, 3.63) is 30.1 Å². The molecule has 1 unspecified atom stereocenters. The van der Waals surface area contributed by atoms with Gasteiger partial charge in [0.25, 0.3) is 0 Å². The van der Waals surface area contributed by atoms with Crippen molar-refractivity contribution >= 4 is 11.9 Å². The van der Waals surface area contributed by atoms with Crippen LogP contribution in [0, 0.1) is 0 Å². The Hall–Kier alpha value is -2.19. The van der Waals surface area contributed by atoms with Gasteiger partial charge in [0.05, 0.1) is 18.8 Å². The van der Waals surface area contributed by atoms with E-state index in [0.29, 0.717) is 13.2 Å². The minimum absolute atomic E-state index is 0.0158. The molecule has 2 aliphatic rings. The molecule has 0 aromatic carbocycles. The Labute approximate surface area is 192 Å². The monoisotopic (exact) mass is 445 g/mol. The summed E-state index contributed by atoms with van der Waals surface area (Å²) in [5.74, 6) is 0.829. The molecule has 8 heteroatoms. The lowest BCUT2D eigenvalue weighted by Crippen LogP contribution is -2.47. The maximum absolute atomic E-state index is 12.6. The van der Waals surface area contributed by atoms with Gasteiger partial charge in [-0.2, -0.15) is 0 Å². The van der Waals surface area contributed by atoms with Crippen molar-refractivity contribution < 1.29 is 14.3 Å². The Balaban J connectivity index is 1.41. The largest absolute Gasteiger partial charge is 0.376 e. The van der Waals surface area contributed by atoms with Gasteiger partial charge in [-0.15, -0.1) is 0 Å². The Morgan fingerprint density at radius 1 is 1.31 bits per heavy atom. The molecule has 1 amide bonds. The smallest absolute Gasteiger partial charge is 0.244 e. The summed E-state index contributed by atoms with van der Waals surface area (Å²) in [4.78, 5) is 25.5.